The van der Waals surface area contributed by atoms with Gasteiger partial charge in [-0.25, -0.2) is 0 Å². The highest BCUT2D eigenvalue weighted by Crippen LogP contribution is 2.27. The summed E-state index contributed by atoms with van der Waals surface area (Å²) in [6.07, 6.45) is 9.31. The summed E-state index contributed by atoms with van der Waals surface area (Å²) in [5.74, 6) is 1.52. The molecule has 29 heavy (non-hydrogen) atoms. The fraction of sp³-hybridized carbons (Fsp3) is 0.652. The molecule has 1 atom stereocenters. The van der Waals surface area contributed by atoms with E-state index in [-0.39, 0.29) is 17.9 Å². The molecule has 0 bridgehead atoms. The summed E-state index contributed by atoms with van der Waals surface area (Å²) >= 11 is 5.87. The quantitative estimate of drug-likeness (QED) is 0.702. The molecule has 1 aliphatic heterocycles. The van der Waals surface area contributed by atoms with Crippen LogP contribution in [0.2, 0.25) is 5.02 Å². The Morgan fingerprint density at radius 3 is 2.41 bits per heavy atom. The van der Waals surface area contributed by atoms with Crippen LogP contribution in [0.4, 0.5) is 0 Å². The first-order valence-corrected chi connectivity index (χ1v) is 11.4. The zero-order valence-corrected chi connectivity index (χ0v) is 18.1. The van der Waals surface area contributed by atoms with E-state index in [1.54, 1.807) is 31.2 Å². The summed E-state index contributed by atoms with van der Waals surface area (Å²) in [6, 6.07) is 7.08. The van der Waals surface area contributed by atoms with Gasteiger partial charge in [0, 0.05) is 30.6 Å². The third kappa shape index (κ3) is 6.91. The van der Waals surface area contributed by atoms with E-state index in [1.165, 1.54) is 32.1 Å². The van der Waals surface area contributed by atoms with Gasteiger partial charge < -0.3 is 15.0 Å². The molecule has 0 aromatic heterocycles. The highest BCUT2D eigenvalue weighted by molar-refractivity contribution is 6.30. The second kappa shape index (κ2) is 10.9. The third-order valence-electron chi connectivity index (χ3n) is 6.18. The summed E-state index contributed by atoms with van der Waals surface area (Å²) in [5, 5.41) is 3.70. The Kier molecular flexibility index (Phi) is 8.22. The van der Waals surface area contributed by atoms with Crippen molar-refractivity contribution in [2.75, 3.05) is 13.1 Å². The fourth-order valence-corrected chi connectivity index (χ4v) is 4.45. The van der Waals surface area contributed by atoms with Crippen LogP contribution in [0.15, 0.2) is 24.3 Å². The summed E-state index contributed by atoms with van der Waals surface area (Å²) in [6.45, 7) is 3.19. The number of piperidine rings is 1. The van der Waals surface area contributed by atoms with E-state index < -0.39 is 6.10 Å². The van der Waals surface area contributed by atoms with Crippen molar-refractivity contribution >= 4 is 23.4 Å². The molecule has 2 aliphatic rings. The summed E-state index contributed by atoms with van der Waals surface area (Å²) in [4.78, 5) is 26.9. The number of likely N-dealkylation sites (tertiary alicyclic amines) is 1. The van der Waals surface area contributed by atoms with E-state index in [0.717, 1.165) is 38.3 Å². The summed E-state index contributed by atoms with van der Waals surface area (Å²) in [5.41, 5.74) is 0. The number of carbonyl (C=O) groups excluding carboxylic acids is 2. The van der Waals surface area contributed by atoms with Crippen LogP contribution in [0.1, 0.15) is 64.7 Å². The molecule has 2 fully saturated rings. The number of carbonyl (C=O) groups is 2. The molecule has 1 N–H and O–H groups in total. The van der Waals surface area contributed by atoms with Crippen molar-refractivity contribution in [3.05, 3.63) is 29.3 Å². The predicted octanol–water partition coefficient (Wildman–Crippen LogP) is 4.58. The average Bonchev–Trinajstić information content (AvgIpc) is 2.75. The minimum Gasteiger partial charge on any atom is -0.481 e. The molecule has 160 valence electrons. The lowest BCUT2D eigenvalue weighted by Gasteiger charge is -2.33. The zero-order valence-electron chi connectivity index (χ0n) is 17.4. The molecule has 2 amide bonds. The average molecular weight is 421 g/mol. The van der Waals surface area contributed by atoms with Crippen molar-refractivity contribution in [3.63, 3.8) is 0 Å². The van der Waals surface area contributed by atoms with Crippen molar-refractivity contribution < 1.29 is 14.3 Å². The third-order valence-corrected chi connectivity index (χ3v) is 6.43. The Labute approximate surface area is 179 Å². The summed E-state index contributed by atoms with van der Waals surface area (Å²) in [7, 11) is 0. The van der Waals surface area contributed by atoms with Crippen LogP contribution in [0.25, 0.3) is 0 Å². The molecule has 1 unspecified atom stereocenters. The van der Waals surface area contributed by atoms with Crippen LogP contribution in [-0.4, -0.2) is 41.9 Å². The first kappa shape index (κ1) is 21.9. The number of amides is 2. The molecule has 3 rings (SSSR count). The molecular weight excluding hydrogens is 388 g/mol. The van der Waals surface area contributed by atoms with E-state index in [4.69, 9.17) is 16.3 Å². The molecule has 0 spiro atoms. The van der Waals surface area contributed by atoms with Crippen molar-refractivity contribution in [1.82, 2.24) is 10.2 Å². The Morgan fingerprint density at radius 2 is 1.76 bits per heavy atom. The Hall–Kier alpha value is -1.75. The van der Waals surface area contributed by atoms with Crippen LogP contribution in [0.3, 0.4) is 0 Å². The van der Waals surface area contributed by atoms with Gasteiger partial charge in [0.05, 0.1) is 0 Å². The lowest BCUT2D eigenvalue weighted by atomic mass is 9.86. The van der Waals surface area contributed by atoms with Crippen molar-refractivity contribution in [2.24, 2.45) is 5.92 Å². The van der Waals surface area contributed by atoms with Crippen LogP contribution in [0, 0.1) is 5.92 Å². The first-order chi connectivity index (χ1) is 14.0. The van der Waals surface area contributed by atoms with Crippen LogP contribution < -0.4 is 10.1 Å². The number of rotatable bonds is 7. The Bertz CT molecular complexity index is 665. The number of hydrogen-bond donors (Lipinski definition) is 1. The monoisotopic (exact) mass is 420 g/mol. The van der Waals surface area contributed by atoms with E-state index >= 15 is 0 Å². The molecule has 1 saturated heterocycles. The normalized spacial score (nSPS) is 19.6. The van der Waals surface area contributed by atoms with E-state index in [0.29, 0.717) is 17.2 Å². The molecule has 1 aromatic carbocycles. The maximum Gasteiger partial charge on any atom is 0.260 e. The molecule has 1 aromatic rings. The molecular formula is C23H33ClN2O3. The molecule has 1 aliphatic carbocycles. The van der Waals surface area contributed by atoms with Gasteiger partial charge in [-0.05, 0) is 56.4 Å². The maximum atomic E-state index is 12.5. The molecule has 6 heteroatoms. The maximum absolute atomic E-state index is 12.5. The molecule has 5 nitrogen and oxygen atoms in total. The number of hydrogen-bond acceptors (Lipinski definition) is 3. The van der Waals surface area contributed by atoms with Gasteiger partial charge in [-0.2, -0.15) is 0 Å². The standard InChI is InChI=1S/C23H33ClN2O3/c1-17(29-21-10-8-19(24)9-11-21)23(28)25-20-13-15-26(16-14-20)22(27)12-7-18-5-3-2-4-6-18/h8-11,17-18,20H,2-7,12-16H2,1H3,(H,25,28). The number of ether oxygens (including phenoxy) is 1. The van der Waals surface area contributed by atoms with Crippen molar-refractivity contribution in [1.29, 1.82) is 0 Å². The second-order valence-corrected chi connectivity index (χ2v) is 8.86. The highest BCUT2D eigenvalue weighted by Gasteiger charge is 2.26. The molecule has 1 saturated carbocycles. The molecule has 1 heterocycles. The van der Waals surface area contributed by atoms with Gasteiger partial charge in [0.15, 0.2) is 6.10 Å². The second-order valence-electron chi connectivity index (χ2n) is 8.42. The van der Waals surface area contributed by atoms with Crippen LogP contribution >= 0.6 is 11.6 Å². The minimum atomic E-state index is -0.577. The Balaban J connectivity index is 1.35. The fourth-order valence-electron chi connectivity index (χ4n) is 4.32. The van der Waals surface area contributed by atoms with Gasteiger partial charge in [-0.3, -0.25) is 9.59 Å². The highest BCUT2D eigenvalue weighted by atomic mass is 35.5. The Morgan fingerprint density at radius 1 is 1.10 bits per heavy atom. The van der Waals surface area contributed by atoms with Gasteiger partial charge in [0.25, 0.3) is 5.91 Å². The predicted molar refractivity (Wildman–Crippen MR) is 115 cm³/mol. The van der Waals surface area contributed by atoms with Gasteiger partial charge >= 0.3 is 0 Å². The van der Waals surface area contributed by atoms with Gasteiger partial charge in [-0.15, -0.1) is 0 Å². The largest absolute Gasteiger partial charge is 0.481 e. The van der Waals surface area contributed by atoms with E-state index in [1.807, 2.05) is 4.90 Å². The van der Waals surface area contributed by atoms with Crippen molar-refractivity contribution in [3.8, 4) is 5.75 Å². The van der Waals surface area contributed by atoms with Gasteiger partial charge in [-0.1, -0.05) is 43.7 Å². The van der Waals surface area contributed by atoms with Crippen molar-refractivity contribution in [2.45, 2.75) is 76.9 Å². The summed E-state index contributed by atoms with van der Waals surface area (Å²) < 4.78 is 5.69. The van der Waals surface area contributed by atoms with E-state index in [2.05, 4.69) is 5.32 Å². The number of halogens is 1. The van der Waals surface area contributed by atoms with Crippen LogP contribution in [-0.2, 0) is 9.59 Å². The first-order valence-electron chi connectivity index (χ1n) is 11.0. The topological polar surface area (TPSA) is 58.6 Å². The van der Waals surface area contributed by atoms with Crippen LogP contribution in [0.5, 0.6) is 5.75 Å². The number of benzene rings is 1. The van der Waals surface area contributed by atoms with Gasteiger partial charge in [0.1, 0.15) is 5.75 Å². The lowest BCUT2D eigenvalue weighted by Crippen LogP contribution is -2.49. The smallest absolute Gasteiger partial charge is 0.260 e. The number of nitrogens with one attached hydrogen (secondary N) is 1. The molecule has 0 radical (unpaired) electrons. The number of nitrogens with zero attached hydrogens (tertiary/aromatic N) is 1. The lowest BCUT2D eigenvalue weighted by molar-refractivity contribution is -0.133. The minimum absolute atomic E-state index is 0.0983. The zero-order chi connectivity index (χ0) is 20.6. The van der Waals surface area contributed by atoms with Gasteiger partial charge in [0.2, 0.25) is 5.91 Å². The van der Waals surface area contributed by atoms with E-state index in [9.17, 15) is 9.59 Å². The SMILES string of the molecule is CC(Oc1ccc(Cl)cc1)C(=O)NC1CCN(C(=O)CCC2CCCCC2)CC1.